The van der Waals surface area contributed by atoms with Gasteiger partial charge in [-0.05, 0) is 12.3 Å². The van der Waals surface area contributed by atoms with Crippen LogP contribution >= 0.6 is 0 Å². The molecule has 0 aliphatic heterocycles. The molecule has 0 amide bonds. The van der Waals surface area contributed by atoms with E-state index in [0.717, 1.165) is 19.3 Å². The fourth-order valence-corrected chi connectivity index (χ4v) is 2.59. The second-order valence-electron chi connectivity index (χ2n) is 5.93. The maximum atomic E-state index is 11.2. The van der Waals surface area contributed by atoms with E-state index in [1.807, 2.05) is 0 Å². The summed E-state index contributed by atoms with van der Waals surface area (Å²) in [6, 6.07) is 0. The predicted octanol–water partition coefficient (Wildman–Crippen LogP) is -4.33. The molecule has 22 heavy (non-hydrogen) atoms. The van der Waals surface area contributed by atoms with Crippen LogP contribution in [0.4, 0.5) is 0 Å². The van der Waals surface area contributed by atoms with Gasteiger partial charge in [0.05, 0.1) is 17.4 Å². The topological polar surface area (TPSA) is 80.3 Å². The molecule has 0 aromatic carbocycles. The number of hydrogen-bond acceptors (Lipinski definition) is 4. The molecule has 0 saturated heterocycles. The Kier molecular flexibility index (Phi) is 18.8. The molecule has 0 heterocycles. The molecule has 0 atom stereocenters. The first-order valence-corrected chi connectivity index (χ1v) is 7.82. The molecule has 0 unspecified atom stereocenters. The molecule has 0 aromatic heterocycles. The number of aliphatic carboxylic acids is 2. The summed E-state index contributed by atoms with van der Waals surface area (Å²) < 4.78 is 0. The number of hydrogen-bond donors (Lipinski definition) is 0. The molecule has 0 bridgehead atoms. The normalized spacial score (nSPS) is 10.7. The van der Waals surface area contributed by atoms with Crippen LogP contribution in [0.1, 0.15) is 78.6 Å². The van der Waals surface area contributed by atoms with Gasteiger partial charge in [-0.25, -0.2) is 0 Å². The fourth-order valence-electron chi connectivity index (χ4n) is 2.59. The van der Waals surface area contributed by atoms with Gasteiger partial charge in [-0.15, -0.1) is 0 Å². The van der Waals surface area contributed by atoms with Gasteiger partial charge >= 0.3 is 48.4 Å². The monoisotopic (exact) mass is 314 g/mol. The van der Waals surface area contributed by atoms with Gasteiger partial charge in [0.2, 0.25) is 0 Å². The molecule has 0 fully saturated rings. The van der Waals surface area contributed by atoms with Gasteiger partial charge < -0.3 is 19.8 Å². The summed E-state index contributed by atoms with van der Waals surface area (Å²) in [6.45, 7) is 5.36. The van der Waals surface area contributed by atoms with E-state index in [1.165, 1.54) is 25.7 Å². The van der Waals surface area contributed by atoms with Gasteiger partial charge in [-0.3, -0.25) is 0 Å². The first-order valence-electron chi connectivity index (χ1n) is 7.82. The van der Waals surface area contributed by atoms with Gasteiger partial charge in [-0.1, -0.05) is 72.1 Å². The Balaban J connectivity index is -0.00000180. The second-order valence-corrected chi connectivity index (χ2v) is 5.93. The van der Waals surface area contributed by atoms with Crippen LogP contribution in [0.3, 0.4) is 0 Å². The molecule has 118 valence electrons. The van der Waals surface area contributed by atoms with Crippen LogP contribution in [0.25, 0.3) is 0 Å². The quantitative estimate of drug-likeness (QED) is 0.207. The zero-order chi connectivity index (χ0) is 15.6. The molecule has 0 saturated carbocycles. The predicted molar refractivity (Wildman–Crippen MR) is 74.5 cm³/mol. The molecule has 0 N–H and O–H groups in total. The zero-order valence-electron chi connectivity index (χ0n) is 15.1. The van der Waals surface area contributed by atoms with E-state index in [-0.39, 0.29) is 54.8 Å². The zero-order valence-corrected chi connectivity index (χ0v) is 17.1. The summed E-state index contributed by atoms with van der Waals surface area (Å²) in [4.78, 5) is 22.4. The molecule has 4 nitrogen and oxygen atoms in total. The Bertz CT molecular complexity index is 295. The number of rotatable bonds is 12. The third-order valence-electron chi connectivity index (χ3n) is 4.14. The standard InChI is InChI=1S/C16H30O4.Li.Na/c1-4-5-6-7-8-9-10-11-12-16(13(2)3,14(17)18)15(19)20;;/h13H,4-12H2,1-3H3,(H,17,18)(H,19,20);;/q;2*+1/p-2. The summed E-state index contributed by atoms with van der Waals surface area (Å²) in [5, 5.41) is 22.4. The van der Waals surface area contributed by atoms with Crippen molar-refractivity contribution in [2.24, 2.45) is 11.3 Å². The van der Waals surface area contributed by atoms with Crippen molar-refractivity contribution in [1.29, 1.82) is 0 Å². The summed E-state index contributed by atoms with van der Waals surface area (Å²) in [6.07, 6.45) is 8.62. The van der Waals surface area contributed by atoms with E-state index >= 15 is 0 Å². The Labute approximate surface area is 169 Å². The largest absolute Gasteiger partial charge is 1.00 e. The smallest absolute Gasteiger partial charge is 0.549 e. The molecule has 0 aliphatic carbocycles. The van der Waals surface area contributed by atoms with Crippen LogP contribution in [0.2, 0.25) is 0 Å². The van der Waals surface area contributed by atoms with Gasteiger partial charge in [0.15, 0.2) is 0 Å². The maximum absolute atomic E-state index is 11.2. The van der Waals surface area contributed by atoms with Crippen LogP contribution in [-0.2, 0) is 9.59 Å². The number of carbonyl (C=O) groups is 2. The van der Waals surface area contributed by atoms with Gasteiger partial charge in [0.25, 0.3) is 0 Å². The second kappa shape index (κ2) is 15.1. The summed E-state index contributed by atoms with van der Waals surface area (Å²) >= 11 is 0. The Morgan fingerprint density at radius 1 is 0.864 bits per heavy atom. The van der Waals surface area contributed by atoms with E-state index in [1.54, 1.807) is 13.8 Å². The molecular weight excluding hydrogens is 286 g/mol. The summed E-state index contributed by atoms with van der Waals surface area (Å²) in [5.74, 6) is -3.56. The van der Waals surface area contributed by atoms with E-state index in [4.69, 9.17) is 0 Å². The summed E-state index contributed by atoms with van der Waals surface area (Å²) in [7, 11) is 0. The first kappa shape index (κ1) is 27.4. The molecule has 6 heteroatoms. The molecule has 0 aliphatic rings. The van der Waals surface area contributed by atoms with E-state index in [2.05, 4.69) is 6.92 Å². The number of carbonyl (C=O) groups excluding carboxylic acids is 2. The number of carboxylic acid groups (broad SMARTS) is 2. The van der Waals surface area contributed by atoms with Crippen LogP contribution in [0.5, 0.6) is 0 Å². The van der Waals surface area contributed by atoms with Crippen LogP contribution in [0.15, 0.2) is 0 Å². The molecule has 0 rings (SSSR count). The van der Waals surface area contributed by atoms with E-state index < -0.39 is 23.3 Å². The van der Waals surface area contributed by atoms with Crippen LogP contribution < -0.4 is 58.6 Å². The third-order valence-corrected chi connectivity index (χ3v) is 4.14. The van der Waals surface area contributed by atoms with Crippen LogP contribution in [0, 0.1) is 11.3 Å². The minimum Gasteiger partial charge on any atom is -0.549 e. The number of unbranched alkanes of at least 4 members (excludes halogenated alkanes) is 7. The average Bonchev–Trinajstić information content (AvgIpc) is 2.35. The van der Waals surface area contributed by atoms with Crippen LogP contribution in [-0.4, -0.2) is 11.9 Å². The number of carboxylic acids is 2. The minimum atomic E-state index is -1.85. The Morgan fingerprint density at radius 3 is 1.55 bits per heavy atom. The van der Waals surface area contributed by atoms with Crippen molar-refractivity contribution in [1.82, 2.24) is 0 Å². The van der Waals surface area contributed by atoms with Crippen molar-refractivity contribution in [3.05, 3.63) is 0 Å². The minimum absolute atomic E-state index is 0. The van der Waals surface area contributed by atoms with Crippen molar-refractivity contribution in [2.45, 2.75) is 78.6 Å². The first-order chi connectivity index (χ1) is 9.39. The molecule has 0 spiro atoms. The maximum Gasteiger partial charge on any atom is 1.00 e. The molecular formula is C16H28LiNaO4. The Hall–Kier alpha value is 0.537. The fraction of sp³-hybridized carbons (Fsp3) is 0.875. The Morgan fingerprint density at radius 2 is 1.23 bits per heavy atom. The van der Waals surface area contributed by atoms with Gasteiger partial charge in [0, 0.05) is 0 Å². The van der Waals surface area contributed by atoms with Crippen molar-refractivity contribution in [3.8, 4) is 0 Å². The van der Waals surface area contributed by atoms with Gasteiger partial charge in [-0.2, -0.15) is 0 Å². The third kappa shape index (κ3) is 8.99. The van der Waals surface area contributed by atoms with Crippen molar-refractivity contribution in [2.75, 3.05) is 0 Å². The average molecular weight is 314 g/mol. The molecule has 0 aromatic rings. The van der Waals surface area contributed by atoms with E-state index in [9.17, 15) is 19.8 Å². The van der Waals surface area contributed by atoms with Gasteiger partial charge in [0.1, 0.15) is 0 Å². The van der Waals surface area contributed by atoms with E-state index in [0.29, 0.717) is 6.42 Å². The molecule has 0 radical (unpaired) electrons. The summed E-state index contributed by atoms with van der Waals surface area (Å²) in [5.41, 5.74) is -1.85. The van der Waals surface area contributed by atoms with Crippen molar-refractivity contribution >= 4 is 11.9 Å². The SMILES string of the molecule is CCCCCCCCCCC(C(=O)[O-])(C(=O)[O-])C(C)C.[Li+].[Na+]. The van der Waals surface area contributed by atoms with Crippen molar-refractivity contribution < 1.29 is 68.2 Å². The van der Waals surface area contributed by atoms with Crippen molar-refractivity contribution in [3.63, 3.8) is 0 Å².